The van der Waals surface area contributed by atoms with Crippen molar-refractivity contribution >= 4 is 23.4 Å². The number of hydrogen-bond donors (Lipinski definition) is 1. The summed E-state index contributed by atoms with van der Waals surface area (Å²) in [5.74, 6) is -1.21. The Morgan fingerprint density at radius 2 is 2.08 bits per heavy atom. The summed E-state index contributed by atoms with van der Waals surface area (Å²) in [6.45, 7) is 5.04. The second-order valence-corrected chi connectivity index (χ2v) is 6.35. The molecule has 1 N–H and O–H groups in total. The zero-order valence-electron chi connectivity index (χ0n) is 14.4. The fourth-order valence-electron chi connectivity index (χ4n) is 2.36. The molecule has 2 rings (SSSR count). The molecule has 0 spiro atoms. The van der Waals surface area contributed by atoms with Crippen LogP contribution >= 0.6 is 11.6 Å². The molecule has 1 aromatic heterocycles. The monoisotopic (exact) mass is 367 g/mol. The Bertz CT molecular complexity index is 784. The molecule has 134 valence electrons. The van der Waals surface area contributed by atoms with Gasteiger partial charge in [-0.1, -0.05) is 22.8 Å². The van der Waals surface area contributed by atoms with Gasteiger partial charge in [0.05, 0.1) is 17.1 Å². The standard InChI is InChI=1S/C17H19ClFN3O3/c1-9(2)20-13(23)8-22(4)17(24)14-10(3)25-21-16(14)15-11(18)6-5-7-12(15)19/h5-7,9H,8H2,1-4H3,(H,20,23). The number of benzene rings is 1. The average molecular weight is 368 g/mol. The largest absolute Gasteiger partial charge is 0.360 e. The average Bonchev–Trinajstić information content (AvgIpc) is 2.86. The molecule has 0 aliphatic rings. The van der Waals surface area contributed by atoms with Crippen LogP contribution < -0.4 is 5.32 Å². The van der Waals surface area contributed by atoms with E-state index in [1.54, 1.807) is 6.92 Å². The van der Waals surface area contributed by atoms with Crippen molar-refractivity contribution in [3.8, 4) is 11.3 Å². The zero-order chi connectivity index (χ0) is 18.7. The summed E-state index contributed by atoms with van der Waals surface area (Å²) in [6, 6.07) is 4.14. The highest BCUT2D eigenvalue weighted by molar-refractivity contribution is 6.33. The van der Waals surface area contributed by atoms with E-state index < -0.39 is 11.7 Å². The molecule has 2 aromatic rings. The van der Waals surface area contributed by atoms with Crippen LogP contribution in [0.2, 0.25) is 5.02 Å². The molecule has 6 nitrogen and oxygen atoms in total. The predicted octanol–water partition coefficient (Wildman–Crippen LogP) is 3.04. The third kappa shape index (κ3) is 4.17. The van der Waals surface area contributed by atoms with Crippen LogP contribution in [0.5, 0.6) is 0 Å². The lowest BCUT2D eigenvalue weighted by atomic mass is 10.0. The van der Waals surface area contributed by atoms with Gasteiger partial charge in [0.15, 0.2) is 0 Å². The zero-order valence-corrected chi connectivity index (χ0v) is 15.1. The van der Waals surface area contributed by atoms with E-state index in [4.69, 9.17) is 16.1 Å². The van der Waals surface area contributed by atoms with Crippen LogP contribution in [-0.4, -0.2) is 41.5 Å². The van der Waals surface area contributed by atoms with Gasteiger partial charge in [-0.25, -0.2) is 4.39 Å². The maximum atomic E-state index is 14.2. The van der Waals surface area contributed by atoms with Crippen LogP contribution in [0.25, 0.3) is 11.3 Å². The molecule has 0 bridgehead atoms. The van der Waals surface area contributed by atoms with E-state index in [2.05, 4.69) is 10.5 Å². The van der Waals surface area contributed by atoms with Crippen LogP contribution in [0, 0.1) is 12.7 Å². The summed E-state index contributed by atoms with van der Waals surface area (Å²) >= 11 is 6.06. The molecular weight excluding hydrogens is 349 g/mol. The fourth-order valence-corrected chi connectivity index (χ4v) is 2.62. The Balaban J connectivity index is 2.36. The molecule has 0 aliphatic carbocycles. The van der Waals surface area contributed by atoms with Crippen LogP contribution in [0.3, 0.4) is 0 Å². The molecule has 0 saturated heterocycles. The van der Waals surface area contributed by atoms with E-state index in [0.717, 1.165) is 0 Å². The number of nitrogens with zero attached hydrogens (tertiary/aromatic N) is 2. The smallest absolute Gasteiger partial charge is 0.259 e. The maximum Gasteiger partial charge on any atom is 0.259 e. The number of rotatable bonds is 5. The molecule has 0 saturated carbocycles. The van der Waals surface area contributed by atoms with E-state index in [0.29, 0.717) is 0 Å². The third-order valence-corrected chi connectivity index (χ3v) is 3.77. The molecule has 0 fully saturated rings. The number of carbonyl (C=O) groups excluding carboxylic acids is 2. The minimum atomic E-state index is -0.616. The summed E-state index contributed by atoms with van der Waals surface area (Å²) in [6.07, 6.45) is 0. The predicted molar refractivity (Wildman–Crippen MR) is 91.9 cm³/mol. The number of aromatic nitrogens is 1. The second kappa shape index (κ2) is 7.65. The lowest BCUT2D eigenvalue weighted by Crippen LogP contribution is -2.41. The van der Waals surface area contributed by atoms with Crippen molar-refractivity contribution in [2.45, 2.75) is 26.8 Å². The number of aryl methyl sites for hydroxylation is 1. The molecule has 0 atom stereocenters. The number of nitrogens with one attached hydrogen (secondary N) is 1. The highest BCUT2D eigenvalue weighted by Gasteiger charge is 2.28. The lowest BCUT2D eigenvalue weighted by molar-refractivity contribution is -0.122. The van der Waals surface area contributed by atoms with Gasteiger partial charge >= 0.3 is 0 Å². The first kappa shape index (κ1) is 18.9. The van der Waals surface area contributed by atoms with Gasteiger partial charge in [0.1, 0.15) is 22.8 Å². The second-order valence-electron chi connectivity index (χ2n) is 5.94. The van der Waals surface area contributed by atoms with Crippen molar-refractivity contribution < 1.29 is 18.5 Å². The Hall–Kier alpha value is -2.41. The summed E-state index contributed by atoms with van der Waals surface area (Å²) in [5, 5.41) is 6.60. The van der Waals surface area contributed by atoms with E-state index in [-0.39, 0.29) is 46.1 Å². The van der Waals surface area contributed by atoms with Crippen molar-refractivity contribution in [1.82, 2.24) is 15.4 Å². The van der Waals surface area contributed by atoms with Crippen molar-refractivity contribution in [2.24, 2.45) is 0 Å². The van der Waals surface area contributed by atoms with E-state index >= 15 is 0 Å². The topological polar surface area (TPSA) is 75.4 Å². The fraction of sp³-hybridized carbons (Fsp3) is 0.353. The number of halogens is 2. The molecule has 0 radical (unpaired) electrons. The number of hydrogen-bond acceptors (Lipinski definition) is 4. The summed E-state index contributed by atoms with van der Waals surface area (Å²) in [7, 11) is 1.47. The molecule has 8 heteroatoms. The first-order valence-electron chi connectivity index (χ1n) is 7.67. The molecule has 0 unspecified atom stereocenters. The molecular formula is C17H19ClFN3O3. The van der Waals surface area contributed by atoms with E-state index in [9.17, 15) is 14.0 Å². The summed E-state index contributed by atoms with van der Waals surface area (Å²) in [4.78, 5) is 25.8. The van der Waals surface area contributed by atoms with E-state index in [1.807, 2.05) is 13.8 Å². The molecule has 25 heavy (non-hydrogen) atoms. The minimum absolute atomic E-state index is 0.00982. The number of amides is 2. The minimum Gasteiger partial charge on any atom is -0.360 e. The Morgan fingerprint density at radius 3 is 2.68 bits per heavy atom. The first-order valence-corrected chi connectivity index (χ1v) is 8.05. The van der Waals surface area contributed by atoms with Crippen LogP contribution in [0.1, 0.15) is 30.0 Å². The SMILES string of the molecule is Cc1onc(-c2c(F)cccc2Cl)c1C(=O)N(C)CC(=O)NC(C)C. The quantitative estimate of drug-likeness (QED) is 0.881. The van der Waals surface area contributed by atoms with Gasteiger partial charge in [0.2, 0.25) is 5.91 Å². The van der Waals surface area contributed by atoms with Crippen molar-refractivity contribution in [1.29, 1.82) is 0 Å². The van der Waals surface area contributed by atoms with Gasteiger partial charge in [-0.2, -0.15) is 0 Å². The third-order valence-electron chi connectivity index (χ3n) is 3.45. The van der Waals surface area contributed by atoms with Crippen molar-refractivity contribution in [3.63, 3.8) is 0 Å². The van der Waals surface area contributed by atoms with Gasteiger partial charge in [0.25, 0.3) is 5.91 Å². The van der Waals surface area contributed by atoms with Gasteiger partial charge < -0.3 is 14.7 Å². The van der Waals surface area contributed by atoms with Crippen LogP contribution in [0.4, 0.5) is 4.39 Å². The Morgan fingerprint density at radius 1 is 1.40 bits per heavy atom. The van der Waals surface area contributed by atoms with Crippen LogP contribution in [-0.2, 0) is 4.79 Å². The number of likely N-dealkylation sites (N-methyl/N-ethyl adjacent to an activating group) is 1. The lowest BCUT2D eigenvalue weighted by Gasteiger charge is -2.18. The van der Waals surface area contributed by atoms with Crippen LogP contribution in [0.15, 0.2) is 22.7 Å². The van der Waals surface area contributed by atoms with Gasteiger partial charge in [-0.3, -0.25) is 9.59 Å². The first-order chi connectivity index (χ1) is 11.7. The van der Waals surface area contributed by atoms with Gasteiger partial charge in [-0.15, -0.1) is 0 Å². The number of carbonyl (C=O) groups is 2. The highest BCUT2D eigenvalue weighted by atomic mass is 35.5. The van der Waals surface area contributed by atoms with Gasteiger partial charge in [0, 0.05) is 13.1 Å². The molecule has 1 heterocycles. The van der Waals surface area contributed by atoms with Crippen molar-refractivity contribution in [2.75, 3.05) is 13.6 Å². The Kier molecular flexibility index (Phi) is 5.79. The summed E-state index contributed by atoms with van der Waals surface area (Å²) < 4.78 is 19.3. The highest BCUT2D eigenvalue weighted by Crippen LogP contribution is 2.33. The van der Waals surface area contributed by atoms with Crippen molar-refractivity contribution in [3.05, 3.63) is 40.4 Å². The molecule has 2 amide bonds. The maximum absolute atomic E-state index is 14.2. The normalized spacial score (nSPS) is 10.8. The molecule has 1 aromatic carbocycles. The summed E-state index contributed by atoms with van der Waals surface area (Å²) in [5.41, 5.74) is 0.0814. The van der Waals surface area contributed by atoms with E-state index in [1.165, 1.54) is 30.1 Å². The Labute approximate surface area is 149 Å². The van der Waals surface area contributed by atoms with Gasteiger partial charge in [-0.05, 0) is 32.9 Å². The molecule has 0 aliphatic heterocycles.